The first-order valence-corrected chi connectivity index (χ1v) is 6.47. The molecule has 0 aliphatic heterocycles. The highest BCUT2D eigenvalue weighted by molar-refractivity contribution is 6.31. The normalized spacial score (nSPS) is 13.9. The van der Waals surface area contributed by atoms with Gasteiger partial charge in [-0.05, 0) is 37.5 Å². The second kappa shape index (κ2) is 6.75. The van der Waals surface area contributed by atoms with E-state index in [0.29, 0.717) is 23.6 Å². The van der Waals surface area contributed by atoms with Crippen molar-refractivity contribution in [1.29, 1.82) is 5.26 Å². The number of aliphatic hydroxyl groups excluding tert-OH is 1. The molecule has 1 unspecified atom stereocenters. The van der Waals surface area contributed by atoms with Gasteiger partial charge in [-0.2, -0.15) is 5.26 Å². The minimum Gasteiger partial charge on any atom is -0.396 e. The topological polar surface area (TPSA) is 56.0 Å². The van der Waals surface area contributed by atoms with Gasteiger partial charge in [0.25, 0.3) is 0 Å². The molecule has 0 spiro atoms. The van der Waals surface area contributed by atoms with Crippen molar-refractivity contribution < 1.29 is 5.11 Å². The summed E-state index contributed by atoms with van der Waals surface area (Å²) in [7, 11) is 0. The number of hydrogen-bond acceptors (Lipinski definition) is 3. The molecule has 0 aliphatic carbocycles. The zero-order valence-electron chi connectivity index (χ0n) is 10.8. The predicted octanol–water partition coefficient (Wildman–Crippen LogP) is 2.85. The molecule has 0 saturated carbocycles. The third-order valence-corrected chi connectivity index (χ3v) is 3.68. The smallest absolute Gasteiger partial charge is 0.0992 e. The van der Waals surface area contributed by atoms with Crippen molar-refractivity contribution in [1.82, 2.24) is 5.32 Å². The molecular weight excluding hydrogens is 248 g/mol. The molecule has 1 aromatic rings. The van der Waals surface area contributed by atoms with Crippen molar-refractivity contribution in [3.8, 4) is 6.07 Å². The van der Waals surface area contributed by atoms with Crippen LogP contribution in [0.1, 0.15) is 37.8 Å². The Morgan fingerprint density at radius 3 is 2.72 bits per heavy atom. The molecule has 0 saturated heterocycles. The molecule has 2 N–H and O–H groups in total. The molecule has 1 rings (SSSR count). The van der Waals surface area contributed by atoms with Crippen LogP contribution in [0.2, 0.25) is 5.02 Å². The minimum absolute atomic E-state index is 0.0913. The van der Waals surface area contributed by atoms with Gasteiger partial charge in [-0.3, -0.25) is 0 Å². The van der Waals surface area contributed by atoms with Crippen LogP contribution in [0, 0.1) is 11.3 Å². The molecule has 0 radical (unpaired) electrons. The highest BCUT2D eigenvalue weighted by Crippen LogP contribution is 2.20. The quantitative estimate of drug-likeness (QED) is 0.832. The van der Waals surface area contributed by atoms with E-state index in [4.69, 9.17) is 22.0 Å². The largest absolute Gasteiger partial charge is 0.396 e. The van der Waals surface area contributed by atoms with Gasteiger partial charge in [-0.15, -0.1) is 0 Å². The molecule has 0 amide bonds. The summed E-state index contributed by atoms with van der Waals surface area (Å²) in [6.45, 7) is 4.97. The SMILES string of the molecule is CCC(C)(CCO)NCc1ccc(C#N)cc1Cl. The van der Waals surface area contributed by atoms with Crippen molar-refractivity contribution in [2.24, 2.45) is 0 Å². The summed E-state index contributed by atoms with van der Waals surface area (Å²) in [6.07, 6.45) is 1.64. The first kappa shape index (κ1) is 15.0. The Morgan fingerprint density at radius 1 is 1.50 bits per heavy atom. The average Bonchev–Trinajstić information content (AvgIpc) is 2.37. The standard InChI is InChI=1S/C14H19ClN2O/c1-3-14(2,6-7-18)17-10-12-5-4-11(9-16)8-13(12)15/h4-5,8,17-18H,3,6-7,10H2,1-2H3. The number of aliphatic hydroxyl groups is 1. The van der Waals surface area contributed by atoms with Crippen LogP contribution in [0.3, 0.4) is 0 Å². The lowest BCUT2D eigenvalue weighted by molar-refractivity contribution is 0.214. The number of halogens is 1. The van der Waals surface area contributed by atoms with Gasteiger partial charge in [0.1, 0.15) is 0 Å². The number of nitrogens with zero attached hydrogens (tertiary/aromatic N) is 1. The molecule has 3 nitrogen and oxygen atoms in total. The maximum Gasteiger partial charge on any atom is 0.0992 e. The number of nitrogens with one attached hydrogen (secondary N) is 1. The number of benzene rings is 1. The summed E-state index contributed by atoms with van der Waals surface area (Å²) < 4.78 is 0. The minimum atomic E-state index is -0.0913. The van der Waals surface area contributed by atoms with Gasteiger partial charge >= 0.3 is 0 Å². The van der Waals surface area contributed by atoms with Crippen LogP contribution in [0.5, 0.6) is 0 Å². The number of hydrogen-bond donors (Lipinski definition) is 2. The Morgan fingerprint density at radius 2 is 2.22 bits per heavy atom. The van der Waals surface area contributed by atoms with E-state index >= 15 is 0 Å². The molecule has 0 bridgehead atoms. The van der Waals surface area contributed by atoms with E-state index in [0.717, 1.165) is 12.0 Å². The van der Waals surface area contributed by atoms with Crippen molar-refractivity contribution >= 4 is 11.6 Å². The second-order valence-electron chi connectivity index (χ2n) is 4.66. The van der Waals surface area contributed by atoms with Crippen LogP contribution in [0.25, 0.3) is 0 Å². The van der Waals surface area contributed by atoms with Crippen LogP contribution < -0.4 is 5.32 Å². The lowest BCUT2D eigenvalue weighted by atomic mass is 9.94. The predicted molar refractivity (Wildman–Crippen MR) is 73.4 cm³/mol. The van der Waals surface area contributed by atoms with Crippen LogP contribution in [-0.2, 0) is 6.54 Å². The zero-order chi connectivity index (χ0) is 13.6. The second-order valence-corrected chi connectivity index (χ2v) is 5.07. The summed E-state index contributed by atoms with van der Waals surface area (Å²) >= 11 is 6.12. The lowest BCUT2D eigenvalue weighted by Gasteiger charge is -2.29. The Balaban J connectivity index is 2.71. The fourth-order valence-corrected chi connectivity index (χ4v) is 1.95. The van der Waals surface area contributed by atoms with Gasteiger partial charge < -0.3 is 10.4 Å². The summed E-state index contributed by atoms with van der Waals surface area (Å²) in [4.78, 5) is 0. The summed E-state index contributed by atoms with van der Waals surface area (Å²) in [6, 6.07) is 7.36. The number of rotatable bonds is 6. The van der Waals surface area contributed by atoms with Gasteiger partial charge in [0, 0.05) is 23.7 Å². The van der Waals surface area contributed by atoms with E-state index in [1.807, 2.05) is 6.07 Å². The summed E-state index contributed by atoms with van der Waals surface area (Å²) in [5.74, 6) is 0. The van der Waals surface area contributed by atoms with Crippen LogP contribution >= 0.6 is 11.6 Å². The van der Waals surface area contributed by atoms with E-state index in [2.05, 4.69) is 25.2 Å². The third-order valence-electron chi connectivity index (χ3n) is 3.33. The van der Waals surface area contributed by atoms with Gasteiger partial charge in [-0.25, -0.2) is 0 Å². The van der Waals surface area contributed by atoms with E-state index in [1.54, 1.807) is 12.1 Å². The molecule has 0 heterocycles. The van der Waals surface area contributed by atoms with E-state index in [9.17, 15) is 0 Å². The van der Waals surface area contributed by atoms with Crippen LogP contribution in [0.15, 0.2) is 18.2 Å². The maximum atomic E-state index is 9.05. The molecule has 98 valence electrons. The Hall–Kier alpha value is -1.08. The molecule has 0 aliphatic rings. The van der Waals surface area contributed by atoms with Crippen LogP contribution in [-0.4, -0.2) is 17.3 Å². The Labute approximate surface area is 113 Å². The zero-order valence-corrected chi connectivity index (χ0v) is 11.6. The van der Waals surface area contributed by atoms with Crippen molar-refractivity contribution in [2.75, 3.05) is 6.61 Å². The molecule has 1 atom stereocenters. The Bertz CT molecular complexity index is 442. The highest BCUT2D eigenvalue weighted by atomic mass is 35.5. The van der Waals surface area contributed by atoms with Gasteiger partial charge in [0.15, 0.2) is 0 Å². The molecule has 18 heavy (non-hydrogen) atoms. The highest BCUT2D eigenvalue weighted by Gasteiger charge is 2.20. The number of nitriles is 1. The fourth-order valence-electron chi connectivity index (χ4n) is 1.71. The van der Waals surface area contributed by atoms with E-state index in [-0.39, 0.29) is 12.1 Å². The van der Waals surface area contributed by atoms with Crippen molar-refractivity contribution in [3.05, 3.63) is 34.3 Å². The summed E-state index contributed by atoms with van der Waals surface area (Å²) in [5, 5.41) is 21.8. The van der Waals surface area contributed by atoms with Crippen LogP contribution in [0.4, 0.5) is 0 Å². The van der Waals surface area contributed by atoms with Crippen molar-refractivity contribution in [3.63, 3.8) is 0 Å². The monoisotopic (exact) mass is 266 g/mol. The molecule has 0 fully saturated rings. The van der Waals surface area contributed by atoms with Gasteiger partial charge in [0.05, 0.1) is 11.6 Å². The lowest BCUT2D eigenvalue weighted by Crippen LogP contribution is -2.42. The molecular formula is C14H19ClN2O. The first-order valence-electron chi connectivity index (χ1n) is 6.09. The maximum absolute atomic E-state index is 9.05. The first-order chi connectivity index (χ1) is 8.54. The molecule has 1 aromatic carbocycles. The van der Waals surface area contributed by atoms with Gasteiger partial charge in [0.2, 0.25) is 0 Å². The van der Waals surface area contributed by atoms with Crippen molar-refractivity contribution in [2.45, 2.75) is 38.8 Å². The van der Waals surface area contributed by atoms with E-state index < -0.39 is 0 Å². The fraction of sp³-hybridized carbons (Fsp3) is 0.500. The molecule has 0 aromatic heterocycles. The van der Waals surface area contributed by atoms with Gasteiger partial charge in [-0.1, -0.05) is 24.6 Å². The molecule has 4 heteroatoms. The summed E-state index contributed by atoms with van der Waals surface area (Å²) in [5.41, 5.74) is 1.44. The average molecular weight is 267 g/mol. The third kappa shape index (κ3) is 3.99. The van der Waals surface area contributed by atoms with E-state index in [1.165, 1.54) is 0 Å². The Kier molecular flexibility index (Phi) is 5.61.